The lowest BCUT2D eigenvalue weighted by Gasteiger charge is -2.35. The summed E-state index contributed by atoms with van der Waals surface area (Å²) in [5.41, 5.74) is 0.486. The minimum absolute atomic E-state index is 0.0995. The van der Waals surface area contributed by atoms with Crippen molar-refractivity contribution in [1.29, 1.82) is 0 Å². The number of carbonyl (C=O) groups excluding carboxylic acids is 1. The number of methoxy groups -OCH3 is 2. The Morgan fingerprint density at radius 1 is 1.04 bits per heavy atom. The lowest BCUT2D eigenvalue weighted by molar-refractivity contribution is 0.0746. The summed E-state index contributed by atoms with van der Waals surface area (Å²) >= 11 is 0. The number of nitrogens with zero attached hydrogens (tertiary/aromatic N) is 4. The average Bonchev–Trinajstić information content (AvgIpc) is 2.67. The molecule has 1 aromatic heterocycles. The number of anilines is 1. The van der Waals surface area contributed by atoms with Crippen molar-refractivity contribution in [2.45, 2.75) is 0 Å². The average molecular weight is 346 g/mol. The SMILES string of the molecule is COc1cc(N2CCN(C(=O)c3ccc(F)cc3)CC2)nc(OC)n1. The van der Waals surface area contributed by atoms with Crippen LogP contribution in [0.4, 0.5) is 10.2 Å². The van der Waals surface area contributed by atoms with Crippen LogP contribution in [-0.2, 0) is 0 Å². The van der Waals surface area contributed by atoms with Gasteiger partial charge >= 0.3 is 6.01 Å². The van der Waals surface area contributed by atoms with Crippen molar-refractivity contribution in [1.82, 2.24) is 14.9 Å². The number of carbonyl (C=O) groups is 1. The summed E-state index contributed by atoms with van der Waals surface area (Å²) in [6.07, 6.45) is 0. The molecule has 132 valence electrons. The summed E-state index contributed by atoms with van der Waals surface area (Å²) in [5.74, 6) is 0.662. The minimum atomic E-state index is -0.354. The van der Waals surface area contributed by atoms with Gasteiger partial charge in [-0.15, -0.1) is 0 Å². The lowest BCUT2D eigenvalue weighted by atomic mass is 10.2. The number of aromatic nitrogens is 2. The summed E-state index contributed by atoms with van der Waals surface area (Å²) in [6.45, 7) is 2.34. The molecular formula is C17H19FN4O3. The van der Waals surface area contributed by atoms with Gasteiger partial charge in [0.25, 0.3) is 5.91 Å². The Hall–Kier alpha value is -2.90. The molecule has 0 aliphatic carbocycles. The highest BCUT2D eigenvalue weighted by Gasteiger charge is 2.23. The Morgan fingerprint density at radius 3 is 2.32 bits per heavy atom. The van der Waals surface area contributed by atoms with E-state index in [4.69, 9.17) is 9.47 Å². The molecule has 1 aromatic carbocycles. The number of ether oxygens (including phenoxy) is 2. The van der Waals surface area contributed by atoms with Crippen LogP contribution in [0.5, 0.6) is 11.9 Å². The highest BCUT2D eigenvalue weighted by atomic mass is 19.1. The zero-order chi connectivity index (χ0) is 17.8. The topological polar surface area (TPSA) is 67.8 Å². The highest BCUT2D eigenvalue weighted by Crippen LogP contribution is 2.22. The van der Waals surface area contributed by atoms with Crippen molar-refractivity contribution in [2.75, 3.05) is 45.3 Å². The smallest absolute Gasteiger partial charge is 0.321 e. The highest BCUT2D eigenvalue weighted by molar-refractivity contribution is 5.94. The van der Waals surface area contributed by atoms with Crippen LogP contribution < -0.4 is 14.4 Å². The van der Waals surface area contributed by atoms with E-state index in [1.165, 1.54) is 38.5 Å². The summed E-state index contributed by atoms with van der Waals surface area (Å²) < 4.78 is 23.2. The zero-order valence-electron chi connectivity index (χ0n) is 14.1. The maximum atomic E-state index is 13.0. The standard InChI is InChI=1S/C17H19FN4O3/c1-24-15-11-14(19-17(20-15)25-2)21-7-9-22(10-8-21)16(23)12-3-5-13(18)6-4-12/h3-6,11H,7-10H2,1-2H3. The molecule has 2 aromatic rings. The number of halogens is 1. The Morgan fingerprint density at radius 2 is 1.72 bits per heavy atom. The first kappa shape index (κ1) is 16.9. The normalized spacial score (nSPS) is 14.4. The Bertz CT molecular complexity index is 724. The van der Waals surface area contributed by atoms with Crippen molar-refractivity contribution < 1.29 is 18.7 Å². The lowest BCUT2D eigenvalue weighted by Crippen LogP contribution is -2.49. The number of benzene rings is 1. The van der Waals surface area contributed by atoms with Crippen LogP contribution >= 0.6 is 0 Å². The van der Waals surface area contributed by atoms with E-state index in [-0.39, 0.29) is 17.7 Å². The molecule has 0 N–H and O–H groups in total. The fourth-order valence-corrected chi connectivity index (χ4v) is 2.66. The maximum Gasteiger partial charge on any atom is 0.321 e. The monoisotopic (exact) mass is 346 g/mol. The Labute approximate surface area is 145 Å². The number of piperazine rings is 1. The maximum absolute atomic E-state index is 13.0. The molecule has 0 saturated carbocycles. The van der Waals surface area contributed by atoms with Crippen molar-refractivity contribution in [2.24, 2.45) is 0 Å². The third-order valence-corrected chi connectivity index (χ3v) is 4.04. The molecule has 0 atom stereocenters. The van der Waals surface area contributed by atoms with Gasteiger partial charge in [0.15, 0.2) is 0 Å². The predicted octanol–water partition coefficient (Wildman–Crippen LogP) is 1.60. The van der Waals surface area contributed by atoms with Crippen LogP contribution in [0.15, 0.2) is 30.3 Å². The van der Waals surface area contributed by atoms with Crippen molar-refractivity contribution in [3.8, 4) is 11.9 Å². The van der Waals surface area contributed by atoms with E-state index in [0.717, 1.165) is 0 Å². The van der Waals surface area contributed by atoms with Crippen LogP contribution in [-0.4, -0.2) is 61.2 Å². The van der Waals surface area contributed by atoms with Crippen molar-refractivity contribution in [3.63, 3.8) is 0 Å². The summed E-state index contributed by atoms with van der Waals surface area (Å²) in [5, 5.41) is 0. The quantitative estimate of drug-likeness (QED) is 0.838. The third kappa shape index (κ3) is 3.78. The van der Waals surface area contributed by atoms with E-state index in [2.05, 4.69) is 9.97 Å². The van der Waals surface area contributed by atoms with E-state index in [1.54, 1.807) is 11.0 Å². The molecule has 3 rings (SSSR count). The minimum Gasteiger partial charge on any atom is -0.481 e. The van der Waals surface area contributed by atoms with Gasteiger partial charge in [0.1, 0.15) is 11.6 Å². The Kier molecular flexibility index (Phi) is 4.97. The number of rotatable bonds is 4. The van der Waals surface area contributed by atoms with Gasteiger partial charge in [0, 0.05) is 37.8 Å². The third-order valence-electron chi connectivity index (χ3n) is 4.04. The molecule has 1 aliphatic rings. The fraction of sp³-hybridized carbons (Fsp3) is 0.353. The molecule has 2 heterocycles. The van der Waals surface area contributed by atoms with Gasteiger partial charge in [-0.25, -0.2) is 4.39 Å². The fourth-order valence-electron chi connectivity index (χ4n) is 2.66. The van der Waals surface area contributed by atoms with Crippen LogP contribution in [0.2, 0.25) is 0 Å². The summed E-state index contributed by atoms with van der Waals surface area (Å²) in [7, 11) is 3.03. The number of hydrogen-bond donors (Lipinski definition) is 0. The zero-order valence-corrected chi connectivity index (χ0v) is 14.1. The second-order valence-electron chi connectivity index (χ2n) is 5.54. The van der Waals surface area contributed by atoms with Gasteiger partial charge in [-0.05, 0) is 24.3 Å². The van der Waals surface area contributed by atoms with E-state index >= 15 is 0 Å². The van der Waals surface area contributed by atoms with E-state index in [1.807, 2.05) is 4.90 Å². The summed E-state index contributed by atoms with van der Waals surface area (Å²) in [4.78, 5) is 24.7. The largest absolute Gasteiger partial charge is 0.481 e. The van der Waals surface area contributed by atoms with E-state index in [9.17, 15) is 9.18 Å². The van der Waals surface area contributed by atoms with E-state index in [0.29, 0.717) is 43.4 Å². The molecule has 25 heavy (non-hydrogen) atoms. The molecule has 1 saturated heterocycles. The molecule has 1 aliphatic heterocycles. The number of amides is 1. The second-order valence-corrected chi connectivity index (χ2v) is 5.54. The first-order chi connectivity index (χ1) is 12.1. The molecule has 8 heteroatoms. The molecule has 1 fully saturated rings. The van der Waals surface area contributed by atoms with Gasteiger partial charge in [-0.3, -0.25) is 4.79 Å². The van der Waals surface area contributed by atoms with Gasteiger partial charge in [0.2, 0.25) is 5.88 Å². The predicted molar refractivity (Wildman–Crippen MR) is 89.7 cm³/mol. The molecule has 7 nitrogen and oxygen atoms in total. The van der Waals surface area contributed by atoms with Crippen LogP contribution in [0, 0.1) is 5.82 Å². The van der Waals surface area contributed by atoms with Gasteiger partial charge in [-0.1, -0.05) is 0 Å². The molecule has 0 radical (unpaired) electrons. The van der Waals surface area contributed by atoms with E-state index < -0.39 is 0 Å². The molecule has 0 spiro atoms. The molecule has 1 amide bonds. The first-order valence-corrected chi connectivity index (χ1v) is 7.87. The Balaban J connectivity index is 1.67. The van der Waals surface area contributed by atoms with Crippen LogP contribution in [0.3, 0.4) is 0 Å². The van der Waals surface area contributed by atoms with Crippen molar-refractivity contribution >= 4 is 11.7 Å². The molecule has 0 unspecified atom stereocenters. The van der Waals surface area contributed by atoms with Crippen LogP contribution in [0.25, 0.3) is 0 Å². The summed E-state index contributed by atoms with van der Waals surface area (Å²) in [6, 6.07) is 7.57. The number of hydrogen-bond acceptors (Lipinski definition) is 6. The first-order valence-electron chi connectivity index (χ1n) is 7.87. The molecule has 0 bridgehead atoms. The van der Waals surface area contributed by atoms with Gasteiger partial charge < -0.3 is 19.3 Å². The van der Waals surface area contributed by atoms with Crippen molar-refractivity contribution in [3.05, 3.63) is 41.7 Å². The van der Waals surface area contributed by atoms with Gasteiger partial charge in [-0.2, -0.15) is 9.97 Å². The second kappa shape index (κ2) is 7.33. The van der Waals surface area contributed by atoms with Gasteiger partial charge in [0.05, 0.1) is 14.2 Å². The molecular weight excluding hydrogens is 327 g/mol. The van der Waals surface area contributed by atoms with Crippen LogP contribution in [0.1, 0.15) is 10.4 Å².